The van der Waals surface area contributed by atoms with E-state index in [0.717, 1.165) is 12.0 Å². The van der Waals surface area contributed by atoms with Crippen LogP contribution in [0.5, 0.6) is 5.75 Å². The molecule has 2 aliphatic rings. The number of benzene rings is 1. The topological polar surface area (TPSA) is 95.9 Å². The van der Waals surface area contributed by atoms with E-state index in [9.17, 15) is 19.5 Å². The minimum absolute atomic E-state index is 0.118. The standard InChI is InChI=1S/C19H24N2O5/c1-11-6-7-16(26-2)15(8-11)21-10-12(9-17(21)22)18(23)20-14-5-3-4-13(14)19(24)25/h6-8,12-14H,3-5,9-10H2,1-2H3,(H,20,23)(H,24,25)/t12?,13-,14+/m0/s1. The first kappa shape index (κ1) is 18.2. The highest BCUT2D eigenvalue weighted by atomic mass is 16.5. The molecule has 140 valence electrons. The van der Waals surface area contributed by atoms with Gasteiger partial charge in [0, 0.05) is 19.0 Å². The Kier molecular flexibility index (Phi) is 5.15. The van der Waals surface area contributed by atoms with Crippen LogP contribution in [-0.2, 0) is 14.4 Å². The molecule has 0 aromatic heterocycles. The molecular weight excluding hydrogens is 336 g/mol. The minimum atomic E-state index is -0.874. The monoisotopic (exact) mass is 360 g/mol. The summed E-state index contributed by atoms with van der Waals surface area (Å²) in [5.74, 6) is -1.68. The van der Waals surface area contributed by atoms with Crippen molar-refractivity contribution in [3.05, 3.63) is 23.8 Å². The van der Waals surface area contributed by atoms with E-state index in [1.807, 2.05) is 19.1 Å². The molecule has 26 heavy (non-hydrogen) atoms. The van der Waals surface area contributed by atoms with Gasteiger partial charge in [0.15, 0.2) is 0 Å². The van der Waals surface area contributed by atoms with Gasteiger partial charge >= 0.3 is 5.97 Å². The van der Waals surface area contributed by atoms with E-state index in [0.29, 0.717) is 24.3 Å². The Balaban J connectivity index is 1.71. The average Bonchev–Trinajstić information content (AvgIpc) is 3.21. The van der Waals surface area contributed by atoms with Crippen LogP contribution in [-0.4, -0.2) is 42.6 Å². The van der Waals surface area contributed by atoms with Crippen LogP contribution in [0.1, 0.15) is 31.2 Å². The zero-order chi connectivity index (χ0) is 18.8. The molecule has 1 aromatic rings. The molecule has 2 N–H and O–H groups in total. The van der Waals surface area contributed by atoms with Gasteiger partial charge in [-0.15, -0.1) is 0 Å². The molecule has 1 unspecified atom stereocenters. The Morgan fingerprint density at radius 1 is 1.31 bits per heavy atom. The number of hydrogen-bond acceptors (Lipinski definition) is 4. The van der Waals surface area contributed by atoms with Gasteiger partial charge in [-0.05, 0) is 37.5 Å². The lowest BCUT2D eigenvalue weighted by Crippen LogP contribution is -2.43. The first-order valence-electron chi connectivity index (χ1n) is 8.89. The van der Waals surface area contributed by atoms with E-state index < -0.39 is 17.8 Å². The number of carbonyl (C=O) groups excluding carboxylic acids is 2. The number of anilines is 1. The Labute approximate surface area is 152 Å². The van der Waals surface area contributed by atoms with Crippen molar-refractivity contribution in [2.75, 3.05) is 18.6 Å². The van der Waals surface area contributed by atoms with Gasteiger partial charge in [0.2, 0.25) is 11.8 Å². The zero-order valence-corrected chi connectivity index (χ0v) is 15.0. The second-order valence-electron chi connectivity index (χ2n) is 7.07. The number of nitrogens with one attached hydrogen (secondary N) is 1. The third-order valence-electron chi connectivity index (χ3n) is 5.28. The first-order chi connectivity index (χ1) is 12.4. The van der Waals surface area contributed by atoms with Crippen LogP contribution in [0.2, 0.25) is 0 Å². The molecule has 1 aliphatic carbocycles. The lowest BCUT2D eigenvalue weighted by atomic mass is 10.0. The molecule has 1 heterocycles. The maximum Gasteiger partial charge on any atom is 0.308 e. The summed E-state index contributed by atoms with van der Waals surface area (Å²) < 4.78 is 5.35. The Hall–Kier alpha value is -2.57. The summed E-state index contributed by atoms with van der Waals surface area (Å²) in [6.45, 7) is 2.20. The van der Waals surface area contributed by atoms with Crippen LogP contribution < -0.4 is 15.0 Å². The second-order valence-corrected chi connectivity index (χ2v) is 7.07. The number of aliphatic carboxylic acids is 1. The van der Waals surface area contributed by atoms with Gasteiger partial charge in [-0.25, -0.2) is 0 Å². The molecule has 1 saturated carbocycles. The number of ether oxygens (including phenoxy) is 1. The largest absolute Gasteiger partial charge is 0.495 e. The van der Waals surface area contributed by atoms with Crippen molar-refractivity contribution in [1.29, 1.82) is 0 Å². The predicted octanol–water partition coefficient (Wildman–Crippen LogP) is 1.73. The van der Waals surface area contributed by atoms with Crippen molar-refractivity contribution < 1.29 is 24.2 Å². The summed E-state index contributed by atoms with van der Waals surface area (Å²) in [6, 6.07) is 5.23. The normalized spacial score (nSPS) is 25.4. The fourth-order valence-corrected chi connectivity index (χ4v) is 3.86. The zero-order valence-electron chi connectivity index (χ0n) is 15.0. The SMILES string of the molecule is COc1ccc(C)cc1N1CC(C(=O)N[C@@H]2CCC[C@@H]2C(=O)O)CC1=O. The summed E-state index contributed by atoms with van der Waals surface area (Å²) in [4.78, 5) is 37.9. The first-order valence-corrected chi connectivity index (χ1v) is 8.89. The number of carboxylic acid groups (broad SMARTS) is 1. The molecule has 3 atom stereocenters. The van der Waals surface area contributed by atoms with Gasteiger partial charge in [0.05, 0.1) is 24.6 Å². The number of carbonyl (C=O) groups is 3. The molecule has 0 bridgehead atoms. The van der Waals surface area contributed by atoms with Crippen LogP contribution in [0.25, 0.3) is 0 Å². The van der Waals surface area contributed by atoms with Gasteiger partial charge in [-0.2, -0.15) is 0 Å². The van der Waals surface area contributed by atoms with E-state index in [2.05, 4.69) is 5.32 Å². The van der Waals surface area contributed by atoms with Crippen LogP contribution in [0, 0.1) is 18.8 Å². The van der Waals surface area contributed by atoms with Crippen molar-refractivity contribution >= 4 is 23.5 Å². The molecule has 1 aromatic carbocycles. The van der Waals surface area contributed by atoms with E-state index in [4.69, 9.17) is 4.74 Å². The summed E-state index contributed by atoms with van der Waals surface area (Å²) in [5.41, 5.74) is 1.66. The fourth-order valence-electron chi connectivity index (χ4n) is 3.86. The van der Waals surface area contributed by atoms with Gasteiger partial charge in [0.1, 0.15) is 5.75 Å². The minimum Gasteiger partial charge on any atom is -0.495 e. The number of carboxylic acids is 1. The summed E-state index contributed by atoms with van der Waals surface area (Å²) in [6.07, 6.45) is 2.15. The lowest BCUT2D eigenvalue weighted by Gasteiger charge is -2.21. The van der Waals surface area contributed by atoms with Crippen LogP contribution >= 0.6 is 0 Å². The maximum atomic E-state index is 12.6. The summed E-state index contributed by atoms with van der Waals surface area (Å²) >= 11 is 0. The van der Waals surface area contributed by atoms with Crippen molar-refractivity contribution in [3.63, 3.8) is 0 Å². The third-order valence-corrected chi connectivity index (χ3v) is 5.28. The van der Waals surface area contributed by atoms with Gasteiger partial charge in [-0.1, -0.05) is 12.5 Å². The molecule has 1 saturated heterocycles. The molecule has 1 aliphatic heterocycles. The smallest absolute Gasteiger partial charge is 0.308 e. The number of amides is 2. The highest BCUT2D eigenvalue weighted by molar-refractivity contribution is 6.01. The van der Waals surface area contributed by atoms with E-state index in [1.165, 1.54) is 0 Å². The number of hydrogen-bond donors (Lipinski definition) is 2. The molecule has 0 radical (unpaired) electrons. The number of aryl methyl sites for hydroxylation is 1. The van der Waals surface area contributed by atoms with Crippen LogP contribution in [0.3, 0.4) is 0 Å². The average molecular weight is 360 g/mol. The van der Waals surface area contributed by atoms with Crippen molar-refractivity contribution in [3.8, 4) is 5.75 Å². The predicted molar refractivity (Wildman–Crippen MR) is 95.1 cm³/mol. The van der Waals surface area contributed by atoms with Crippen LogP contribution in [0.4, 0.5) is 5.69 Å². The third kappa shape index (κ3) is 3.52. The molecule has 2 fully saturated rings. The van der Waals surface area contributed by atoms with E-state index in [1.54, 1.807) is 18.1 Å². The lowest BCUT2D eigenvalue weighted by molar-refractivity contribution is -0.142. The highest BCUT2D eigenvalue weighted by Crippen LogP contribution is 2.34. The summed E-state index contributed by atoms with van der Waals surface area (Å²) in [5, 5.41) is 12.1. The van der Waals surface area contributed by atoms with Crippen molar-refractivity contribution in [2.45, 2.75) is 38.6 Å². The molecule has 0 spiro atoms. The molecule has 3 rings (SSSR count). The van der Waals surface area contributed by atoms with Crippen molar-refractivity contribution in [2.24, 2.45) is 11.8 Å². The molecule has 2 amide bonds. The second kappa shape index (κ2) is 7.35. The van der Waals surface area contributed by atoms with Gasteiger partial charge in [0.25, 0.3) is 0 Å². The molecule has 7 nitrogen and oxygen atoms in total. The van der Waals surface area contributed by atoms with E-state index in [-0.39, 0.29) is 30.8 Å². The fraction of sp³-hybridized carbons (Fsp3) is 0.526. The molecular formula is C19H24N2O5. The van der Waals surface area contributed by atoms with Crippen molar-refractivity contribution in [1.82, 2.24) is 5.32 Å². The van der Waals surface area contributed by atoms with E-state index >= 15 is 0 Å². The molecule has 7 heteroatoms. The Morgan fingerprint density at radius 3 is 2.77 bits per heavy atom. The van der Waals surface area contributed by atoms with Gasteiger partial charge < -0.3 is 20.1 Å². The van der Waals surface area contributed by atoms with Gasteiger partial charge in [-0.3, -0.25) is 14.4 Å². The van der Waals surface area contributed by atoms with Crippen LogP contribution in [0.15, 0.2) is 18.2 Å². The number of nitrogens with zero attached hydrogens (tertiary/aromatic N) is 1. The number of rotatable bonds is 5. The Bertz CT molecular complexity index is 733. The number of methoxy groups -OCH3 is 1. The maximum absolute atomic E-state index is 12.6. The quantitative estimate of drug-likeness (QED) is 0.834. The highest BCUT2D eigenvalue weighted by Gasteiger charge is 2.39. The summed E-state index contributed by atoms with van der Waals surface area (Å²) in [7, 11) is 1.55. The Morgan fingerprint density at radius 2 is 2.08 bits per heavy atom.